The van der Waals surface area contributed by atoms with Gasteiger partial charge in [0.2, 0.25) is 0 Å². The molecule has 1 fully saturated rings. The molecule has 0 saturated carbocycles. The van der Waals surface area contributed by atoms with Crippen molar-refractivity contribution in [3.63, 3.8) is 0 Å². The molecule has 2 aromatic rings. The van der Waals surface area contributed by atoms with E-state index >= 15 is 0 Å². The Morgan fingerprint density at radius 3 is 2.25 bits per heavy atom. The summed E-state index contributed by atoms with van der Waals surface area (Å²) in [5.74, 6) is 0. The number of amides is 2. The lowest BCUT2D eigenvalue weighted by atomic mass is 10.0. The molecule has 1 aliphatic rings. The Hall–Kier alpha value is -2.57. The lowest BCUT2D eigenvalue weighted by Gasteiger charge is -2.33. The third kappa shape index (κ3) is 5.47. The van der Waals surface area contributed by atoms with Crippen molar-refractivity contribution in [1.29, 1.82) is 0 Å². The number of anilines is 2. The van der Waals surface area contributed by atoms with Crippen molar-refractivity contribution in [2.45, 2.75) is 6.04 Å². The SMILES string of the molecule is CN(C)c1ccc([C@@H](CNC(=O)Nc2ccccc2)[NH+]2CC[NH+](C)CC2)cc1. The summed E-state index contributed by atoms with van der Waals surface area (Å²) < 4.78 is 0. The molecule has 0 unspecified atom stereocenters. The quantitative estimate of drug-likeness (QED) is 0.569. The molecule has 4 N–H and O–H groups in total. The van der Waals surface area contributed by atoms with Crippen molar-refractivity contribution in [1.82, 2.24) is 5.32 Å². The maximum absolute atomic E-state index is 12.4. The maximum Gasteiger partial charge on any atom is 0.319 e. The number of benzene rings is 2. The second-order valence-corrected chi connectivity index (χ2v) is 7.85. The van der Waals surface area contributed by atoms with Gasteiger partial charge in [0, 0.05) is 31.0 Å². The number of piperazine rings is 1. The first kappa shape index (κ1) is 20.2. The first-order chi connectivity index (χ1) is 13.5. The van der Waals surface area contributed by atoms with Crippen LogP contribution < -0.4 is 25.3 Å². The van der Waals surface area contributed by atoms with E-state index in [0.717, 1.165) is 31.9 Å². The Kier molecular flexibility index (Phi) is 6.90. The number of urea groups is 1. The van der Waals surface area contributed by atoms with Gasteiger partial charge in [-0.1, -0.05) is 30.3 Å². The average molecular weight is 384 g/mol. The Bertz CT molecular complexity index is 739. The fourth-order valence-electron chi connectivity index (χ4n) is 3.74. The van der Waals surface area contributed by atoms with Crippen LogP contribution in [0.1, 0.15) is 11.6 Å². The van der Waals surface area contributed by atoms with Gasteiger partial charge in [-0.15, -0.1) is 0 Å². The number of nitrogens with one attached hydrogen (secondary N) is 4. The maximum atomic E-state index is 12.4. The van der Waals surface area contributed by atoms with Gasteiger partial charge in [-0.2, -0.15) is 0 Å². The molecule has 150 valence electrons. The standard InChI is InChI=1S/C22H31N5O/c1-25(2)20-11-9-18(10-12-20)21(27-15-13-26(3)14-16-27)17-23-22(28)24-19-7-5-4-6-8-19/h4-12,21H,13-17H2,1-3H3,(H2,23,24,28)/p+2/t21-/m1/s1. The van der Waals surface area contributed by atoms with E-state index in [2.05, 4.69) is 60.9 Å². The molecule has 1 atom stereocenters. The summed E-state index contributed by atoms with van der Waals surface area (Å²) in [5, 5.41) is 6.00. The van der Waals surface area contributed by atoms with Gasteiger partial charge >= 0.3 is 6.03 Å². The van der Waals surface area contributed by atoms with Crippen molar-refractivity contribution in [3.8, 4) is 0 Å². The number of rotatable bonds is 6. The largest absolute Gasteiger partial charge is 0.378 e. The van der Waals surface area contributed by atoms with Crippen LogP contribution in [-0.4, -0.2) is 59.9 Å². The molecule has 1 aliphatic heterocycles. The first-order valence-electron chi connectivity index (χ1n) is 10.1. The molecular formula is C22H33N5O+2. The molecule has 2 aromatic carbocycles. The van der Waals surface area contributed by atoms with Gasteiger partial charge in [0.05, 0.1) is 13.6 Å². The van der Waals surface area contributed by atoms with Gasteiger partial charge in [0.15, 0.2) is 0 Å². The predicted molar refractivity (Wildman–Crippen MR) is 114 cm³/mol. The number of hydrogen-bond donors (Lipinski definition) is 4. The van der Waals surface area contributed by atoms with Crippen LogP contribution in [0.3, 0.4) is 0 Å². The predicted octanol–water partition coefficient (Wildman–Crippen LogP) is 0.0286. The Morgan fingerprint density at radius 2 is 1.64 bits per heavy atom. The third-order valence-electron chi connectivity index (χ3n) is 5.55. The van der Waals surface area contributed by atoms with E-state index in [4.69, 9.17) is 0 Å². The summed E-state index contributed by atoms with van der Waals surface area (Å²) in [6, 6.07) is 18.4. The second-order valence-electron chi connectivity index (χ2n) is 7.85. The molecule has 0 radical (unpaired) electrons. The van der Waals surface area contributed by atoms with Crippen LogP contribution >= 0.6 is 0 Å². The van der Waals surface area contributed by atoms with Crippen LogP contribution in [0.15, 0.2) is 54.6 Å². The van der Waals surface area contributed by atoms with Crippen LogP contribution in [0.4, 0.5) is 16.2 Å². The number of para-hydroxylation sites is 1. The lowest BCUT2D eigenvalue weighted by Crippen LogP contribution is -3.27. The first-order valence-corrected chi connectivity index (χ1v) is 10.1. The Morgan fingerprint density at radius 1 is 1.00 bits per heavy atom. The molecule has 0 aliphatic carbocycles. The topological polar surface area (TPSA) is 53.2 Å². The molecular weight excluding hydrogens is 350 g/mol. The molecule has 2 amide bonds. The van der Waals surface area contributed by atoms with E-state index in [9.17, 15) is 4.79 Å². The highest BCUT2D eigenvalue weighted by molar-refractivity contribution is 5.89. The highest BCUT2D eigenvalue weighted by Crippen LogP contribution is 2.16. The molecule has 6 heteroatoms. The highest BCUT2D eigenvalue weighted by Gasteiger charge is 2.29. The Labute approximate surface area is 168 Å². The minimum atomic E-state index is -0.153. The monoisotopic (exact) mass is 383 g/mol. The van der Waals surface area contributed by atoms with Gasteiger partial charge in [-0.25, -0.2) is 4.79 Å². The zero-order chi connectivity index (χ0) is 19.9. The summed E-state index contributed by atoms with van der Waals surface area (Å²) in [6.45, 7) is 5.19. The average Bonchev–Trinajstić information content (AvgIpc) is 2.70. The van der Waals surface area contributed by atoms with Crippen molar-refractivity contribution < 1.29 is 14.6 Å². The second kappa shape index (κ2) is 9.57. The number of likely N-dealkylation sites (N-methyl/N-ethyl adjacent to an activating group) is 1. The molecule has 6 nitrogen and oxygen atoms in total. The third-order valence-corrected chi connectivity index (χ3v) is 5.55. The van der Waals surface area contributed by atoms with Crippen LogP contribution in [0.5, 0.6) is 0 Å². The molecule has 3 rings (SSSR count). The van der Waals surface area contributed by atoms with Crippen LogP contribution in [0.2, 0.25) is 0 Å². The fraction of sp³-hybridized carbons (Fsp3) is 0.409. The van der Waals surface area contributed by atoms with E-state index in [1.807, 2.05) is 30.3 Å². The number of quaternary nitrogens is 2. The van der Waals surface area contributed by atoms with E-state index in [1.165, 1.54) is 11.3 Å². The zero-order valence-corrected chi connectivity index (χ0v) is 17.2. The zero-order valence-electron chi connectivity index (χ0n) is 17.2. The molecule has 28 heavy (non-hydrogen) atoms. The number of carbonyl (C=O) groups excluding carboxylic acids is 1. The van der Waals surface area contributed by atoms with Crippen molar-refractivity contribution in [3.05, 3.63) is 60.2 Å². The Balaban J connectivity index is 1.68. The summed E-state index contributed by atoms with van der Waals surface area (Å²) in [5.41, 5.74) is 3.28. The summed E-state index contributed by atoms with van der Waals surface area (Å²) in [6.07, 6.45) is 0. The van der Waals surface area contributed by atoms with Crippen LogP contribution in [0.25, 0.3) is 0 Å². The lowest BCUT2D eigenvalue weighted by molar-refractivity contribution is -1.02. The molecule has 0 aromatic heterocycles. The van der Waals surface area contributed by atoms with E-state index < -0.39 is 0 Å². The van der Waals surface area contributed by atoms with E-state index in [0.29, 0.717) is 6.54 Å². The minimum absolute atomic E-state index is 0.153. The van der Waals surface area contributed by atoms with Crippen LogP contribution in [-0.2, 0) is 0 Å². The highest BCUT2D eigenvalue weighted by atomic mass is 16.2. The minimum Gasteiger partial charge on any atom is -0.378 e. The molecule has 1 heterocycles. The van der Waals surface area contributed by atoms with Gasteiger partial charge in [-0.3, -0.25) is 0 Å². The summed E-state index contributed by atoms with van der Waals surface area (Å²) in [4.78, 5) is 17.6. The molecule has 0 spiro atoms. The van der Waals surface area contributed by atoms with Crippen molar-refractivity contribution in [2.24, 2.45) is 0 Å². The van der Waals surface area contributed by atoms with Crippen LogP contribution in [0, 0.1) is 0 Å². The van der Waals surface area contributed by atoms with Crippen molar-refractivity contribution >= 4 is 17.4 Å². The van der Waals surface area contributed by atoms with E-state index in [1.54, 1.807) is 9.80 Å². The summed E-state index contributed by atoms with van der Waals surface area (Å²) in [7, 11) is 6.36. The van der Waals surface area contributed by atoms with E-state index in [-0.39, 0.29) is 12.1 Å². The molecule has 1 saturated heterocycles. The number of nitrogens with zero attached hydrogens (tertiary/aromatic N) is 1. The smallest absolute Gasteiger partial charge is 0.319 e. The summed E-state index contributed by atoms with van der Waals surface area (Å²) >= 11 is 0. The van der Waals surface area contributed by atoms with Gasteiger partial charge in [-0.05, 0) is 24.3 Å². The number of hydrogen-bond acceptors (Lipinski definition) is 2. The van der Waals surface area contributed by atoms with Gasteiger partial charge in [0.1, 0.15) is 32.2 Å². The van der Waals surface area contributed by atoms with Crippen molar-refractivity contribution in [2.75, 3.05) is 64.1 Å². The normalized spacial score (nSPS) is 20.2. The molecule has 0 bridgehead atoms. The fourth-order valence-corrected chi connectivity index (χ4v) is 3.74. The van der Waals surface area contributed by atoms with Gasteiger partial charge in [0.25, 0.3) is 0 Å². The van der Waals surface area contributed by atoms with Gasteiger partial charge < -0.3 is 25.3 Å². The number of carbonyl (C=O) groups is 1.